The van der Waals surface area contributed by atoms with E-state index in [0.717, 1.165) is 5.02 Å². The van der Waals surface area contributed by atoms with Crippen LogP contribution in [0.25, 0.3) is 22.3 Å². The van der Waals surface area contributed by atoms with Crippen LogP contribution in [0.1, 0.15) is 0 Å². The predicted octanol–water partition coefficient (Wildman–Crippen LogP) is 3.99. The van der Waals surface area contributed by atoms with E-state index in [1.165, 1.54) is 22.3 Å². The van der Waals surface area contributed by atoms with Gasteiger partial charge in [0, 0.05) is 10.6 Å². The average Bonchev–Trinajstić information content (AvgIpc) is 2.80. The number of halogens is 1. The number of hydrogen-bond acceptors (Lipinski definition) is 0. The van der Waals surface area contributed by atoms with E-state index in [9.17, 15) is 0 Å². The Morgan fingerprint density at radius 3 is 2.23 bits per heavy atom. The lowest BCUT2D eigenvalue weighted by atomic mass is 10.1. The van der Waals surface area contributed by atoms with Crippen molar-refractivity contribution in [2.24, 2.45) is 0 Å². The molecule has 0 heterocycles. The van der Waals surface area contributed by atoms with Crippen LogP contribution in [0.5, 0.6) is 0 Å². The Hall–Kier alpha value is -1.27. The van der Waals surface area contributed by atoms with Crippen LogP contribution >= 0.6 is 11.6 Å². The van der Waals surface area contributed by atoms with Gasteiger partial charge in [-0.15, -0.1) is 0 Å². The third kappa shape index (κ3) is 0.991. The van der Waals surface area contributed by atoms with E-state index in [0.29, 0.717) is 0 Å². The van der Waals surface area contributed by atoms with E-state index in [4.69, 9.17) is 11.6 Å². The molecule has 0 nitrogen and oxygen atoms in total. The van der Waals surface area contributed by atoms with E-state index >= 15 is 0 Å². The average molecular weight is 187 g/mol. The van der Waals surface area contributed by atoms with Crippen molar-refractivity contribution in [2.45, 2.75) is 0 Å². The van der Waals surface area contributed by atoms with Gasteiger partial charge in [-0.1, -0.05) is 41.9 Å². The van der Waals surface area contributed by atoms with Gasteiger partial charge in [0.2, 0.25) is 0 Å². The Morgan fingerprint density at radius 2 is 1.62 bits per heavy atom. The summed E-state index contributed by atoms with van der Waals surface area (Å²) in [6, 6.07) is 14.5. The highest BCUT2D eigenvalue weighted by Crippen LogP contribution is 2.48. The topological polar surface area (TPSA) is 0 Å². The van der Waals surface area contributed by atoms with Crippen LogP contribution in [-0.2, 0) is 0 Å². The van der Waals surface area contributed by atoms with Crippen LogP contribution in [-0.4, -0.2) is 0 Å². The molecule has 0 saturated heterocycles. The third-order valence-corrected chi connectivity index (χ3v) is 2.68. The predicted molar refractivity (Wildman–Crippen MR) is 55.9 cm³/mol. The van der Waals surface area contributed by atoms with Crippen LogP contribution < -0.4 is 0 Å². The normalized spacial score (nSPS) is 11.5. The zero-order valence-corrected chi connectivity index (χ0v) is 7.68. The van der Waals surface area contributed by atoms with E-state index < -0.39 is 0 Å². The summed E-state index contributed by atoms with van der Waals surface area (Å²) in [6.45, 7) is 0. The first-order valence-corrected chi connectivity index (χ1v) is 4.63. The molecule has 0 aliphatic heterocycles. The Kier molecular flexibility index (Phi) is 1.30. The maximum Gasteiger partial charge on any atom is 0.0496 e. The summed E-state index contributed by atoms with van der Waals surface area (Å²) in [7, 11) is 0. The first kappa shape index (κ1) is 7.16. The zero-order chi connectivity index (χ0) is 8.84. The molecule has 2 aliphatic rings. The summed E-state index contributed by atoms with van der Waals surface area (Å²) in [5.41, 5.74) is 5.01. The van der Waals surface area contributed by atoms with Gasteiger partial charge in [-0.3, -0.25) is 0 Å². The smallest absolute Gasteiger partial charge is 0.0496 e. The van der Waals surface area contributed by atoms with Gasteiger partial charge in [-0.2, -0.15) is 0 Å². The highest BCUT2D eigenvalue weighted by atomic mass is 35.5. The second-order valence-corrected chi connectivity index (χ2v) is 3.65. The van der Waals surface area contributed by atoms with E-state index in [1.807, 2.05) is 24.3 Å². The quantitative estimate of drug-likeness (QED) is 0.539. The molecular formula is C12H7Cl. The highest BCUT2D eigenvalue weighted by molar-refractivity contribution is 6.36. The van der Waals surface area contributed by atoms with Crippen molar-refractivity contribution in [1.82, 2.24) is 0 Å². The molecule has 0 atom stereocenters. The summed E-state index contributed by atoms with van der Waals surface area (Å²) in [6.07, 6.45) is 0. The Morgan fingerprint density at radius 1 is 0.846 bits per heavy atom. The Balaban J connectivity index is 2.21. The van der Waals surface area contributed by atoms with Crippen LogP contribution in [0.4, 0.5) is 0 Å². The molecule has 0 spiro atoms. The molecule has 3 rings (SSSR count). The molecule has 0 unspecified atom stereocenters. The van der Waals surface area contributed by atoms with Crippen LogP contribution in [0.3, 0.4) is 0 Å². The fourth-order valence-electron chi connectivity index (χ4n) is 1.69. The van der Waals surface area contributed by atoms with Crippen molar-refractivity contribution in [3.05, 3.63) is 47.5 Å². The Labute approximate surface area is 81.8 Å². The van der Waals surface area contributed by atoms with Crippen molar-refractivity contribution in [3.8, 4) is 22.3 Å². The van der Waals surface area contributed by atoms with E-state index in [-0.39, 0.29) is 0 Å². The van der Waals surface area contributed by atoms with E-state index in [2.05, 4.69) is 18.2 Å². The fourth-order valence-corrected chi connectivity index (χ4v) is 2.02. The Bertz CT molecular complexity index is 472. The van der Waals surface area contributed by atoms with Gasteiger partial charge in [0.1, 0.15) is 0 Å². The molecule has 0 N–H and O–H groups in total. The van der Waals surface area contributed by atoms with Gasteiger partial charge in [-0.25, -0.2) is 0 Å². The van der Waals surface area contributed by atoms with E-state index in [1.54, 1.807) is 0 Å². The third-order valence-electron chi connectivity index (χ3n) is 2.38. The van der Waals surface area contributed by atoms with Gasteiger partial charge in [0.25, 0.3) is 0 Å². The minimum absolute atomic E-state index is 0.874. The molecule has 0 saturated carbocycles. The second-order valence-electron chi connectivity index (χ2n) is 3.25. The molecule has 62 valence electrons. The number of fused-ring (bicyclic) bond motifs is 1. The minimum atomic E-state index is 0.874. The monoisotopic (exact) mass is 186 g/mol. The lowest BCUT2D eigenvalue weighted by Crippen LogP contribution is -1.72. The molecule has 1 aromatic rings. The first-order valence-electron chi connectivity index (χ1n) is 4.25. The largest absolute Gasteiger partial charge is 0.0836 e. The first-order chi connectivity index (χ1) is 6.36. The lowest BCUT2D eigenvalue weighted by molar-refractivity contribution is 1.68. The number of benzene rings is 2. The molecule has 0 fully saturated rings. The molecule has 0 amide bonds. The summed E-state index contributed by atoms with van der Waals surface area (Å²) in [5, 5.41) is 0.874. The van der Waals surface area contributed by atoms with Gasteiger partial charge < -0.3 is 0 Å². The van der Waals surface area contributed by atoms with Crippen molar-refractivity contribution >= 4 is 11.6 Å². The summed E-state index contributed by atoms with van der Waals surface area (Å²) < 4.78 is 0. The molecule has 13 heavy (non-hydrogen) atoms. The van der Waals surface area contributed by atoms with Crippen molar-refractivity contribution in [1.29, 1.82) is 0 Å². The van der Waals surface area contributed by atoms with Crippen molar-refractivity contribution < 1.29 is 0 Å². The fraction of sp³-hybridized carbons (Fsp3) is 0. The molecule has 1 aromatic carbocycles. The van der Waals surface area contributed by atoms with Gasteiger partial charge in [-0.05, 0) is 28.8 Å². The molecule has 1 heteroatoms. The standard InChI is InChI=1S/C12H7Cl/c13-11-7-9-6-10(9)12(11)8-4-2-1-3-5-8/h1-7H. The molecule has 0 radical (unpaired) electrons. The zero-order valence-electron chi connectivity index (χ0n) is 6.92. The van der Waals surface area contributed by atoms with Gasteiger partial charge in [0.05, 0.1) is 0 Å². The second kappa shape index (κ2) is 2.36. The van der Waals surface area contributed by atoms with Crippen LogP contribution in [0, 0.1) is 0 Å². The lowest BCUT2D eigenvalue weighted by Gasteiger charge is -1.98. The molecule has 2 aliphatic carbocycles. The van der Waals surface area contributed by atoms with Crippen LogP contribution in [0.15, 0.2) is 42.5 Å². The maximum atomic E-state index is 6.10. The SMILES string of the molecule is Clc1cc2cc-2c1-c1ccccc1. The minimum Gasteiger partial charge on any atom is -0.0836 e. The summed E-state index contributed by atoms with van der Waals surface area (Å²) in [5.74, 6) is 0. The summed E-state index contributed by atoms with van der Waals surface area (Å²) >= 11 is 6.10. The van der Waals surface area contributed by atoms with Gasteiger partial charge >= 0.3 is 0 Å². The van der Waals surface area contributed by atoms with Crippen molar-refractivity contribution in [2.75, 3.05) is 0 Å². The highest BCUT2D eigenvalue weighted by Gasteiger charge is 2.22. The van der Waals surface area contributed by atoms with Crippen molar-refractivity contribution in [3.63, 3.8) is 0 Å². The molecule has 0 aromatic heterocycles. The molecular weight excluding hydrogens is 180 g/mol. The summed E-state index contributed by atoms with van der Waals surface area (Å²) in [4.78, 5) is 0. The van der Waals surface area contributed by atoms with Crippen LogP contribution in [0.2, 0.25) is 5.02 Å². The number of rotatable bonds is 1. The number of hydrogen-bond donors (Lipinski definition) is 0. The van der Waals surface area contributed by atoms with Gasteiger partial charge in [0.15, 0.2) is 0 Å². The maximum absolute atomic E-state index is 6.10. The molecule has 0 bridgehead atoms.